The fourth-order valence-corrected chi connectivity index (χ4v) is 1.95. The molecule has 0 saturated heterocycles. The molecule has 0 fully saturated rings. The maximum Gasteiger partial charge on any atom is 0.287 e. The molecule has 4 N–H and O–H groups in total. The molecular formula is C14H17N3O3. The summed E-state index contributed by atoms with van der Waals surface area (Å²) in [5.41, 5.74) is 6.22. The molecule has 20 heavy (non-hydrogen) atoms. The van der Waals surface area contributed by atoms with E-state index in [0.717, 1.165) is 5.39 Å². The zero-order valence-corrected chi connectivity index (χ0v) is 11.3. The highest BCUT2D eigenvalue weighted by Gasteiger charge is 2.23. The van der Waals surface area contributed by atoms with Crippen molar-refractivity contribution in [2.24, 2.45) is 16.8 Å². The third kappa shape index (κ3) is 2.74. The number of amides is 1. The lowest BCUT2D eigenvalue weighted by molar-refractivity contribution is 0.0913. The number of oxime groups is 1. The summed E-state index contributed by atoms with van der Waals surface area (Å²) >= 11 is 0. The number of rotatable bonds is 4. The van der Waals surface area contributed by atoms with Crippen molar-refractivity contribution in [1.29, 1.82) is 0 Å². The second kappa shape index (κ2) is 5.64. The Bertz CT molecular complexity index is 613. The number of nitrogens with two attached hydrogens (primary N) is 1. The van der Waals surface area contributed by atoms with Crippen molar-refractivity contribution >= 4 is 22.7 Å². The molecule has 1 aromatic carbocycles. The Hall–Kier alpha value is -2.50. The lowest BCUT2D eigenvalue weighted by Gasteiger charge is -2.20. The number of carbonyl (C=O) groups is 1. The van der Waals surface area contributed by atoms with Crippen LogP contribution in [0.1, 0.15) is 24.4 Å². The van der Waals surface area contributed by atoms with Crippen LogP contribution < -0.4 is 11.1 Å². The Morgan fingerprint density at radius 3 is 2.70 bits per heavy atom. The average molecular weight is 275 g/mol. The van der Waals surface area contributed by atoms with Crippen LogP contribution in [0.4, 0.5) is 0 Å². The average Bonchev–Trinajstić information content (AvgIpc) is 2.87. The van der Waals surface area contributed by atoms with Gasteiger partial charge in [-0.2, -0.15) is 0 Å². The van der Waals surface area contributed by atoms with Gasteiger partial charge in [0.15, 0.2) is 11.6 Å². The van der Waals surface area contributed by atoms with Crippen molar-refractivity contribution < 1.29 is 14.4 Å². The van der Waals surface area contributed by atoms with Crippen LogP contribution in [0.15, 0.2) is 39.9 Å². The normalized spacial score (nSPS) is 13.7. The zero-order chi connectivity index (χ0) is 14.7. The van der Waals surface area contributed by atoms with Gasteiger partial charge >= 0.3 is 0 Å². The largest absolute Gasteiger partial charge is 0.451 e. The predicted molar refractivity (Wildman–Crippen MR) is 75.7 cm³/mol. The number of para-hydroxylation sites is 1. The maximum atomic E-state index is 12.2. The van der Waals surface area contributed by atoms with Crippen molar-refractivity contribution in [3.63, 3.8) is 0 Å². The molecule has 0 spiro atoms. The van der Waals surface area contributed by atoms with E-state index in [4.69, 9.17) is 15.4 Å². The number of furan rings is 1. The van der Waals surface area contributed by atoms with E-state index in [2.05, 4.69) is 10.5 Å². The van der Waals surface area contributed by atoms with Crippen molar-refractivity contribution in [3.05, 3.63) is 36.1 Å². The van der Waals surface area contributed by atoms with Crippen LogP contribution in [0.3, 0.4) is 0 Å². The van der Waals surface area contributed by atoms with Crippen LogP contribution in [0.25, 0.3) is 11.0 Å². The van der Waals surface area contributed by atoms with Crippen LogP contribution in [0.2, 0.25) is 0 Å². The Balaban J connectivity index is 2.22. The van der Waals surface area contributed by atoms with E-state index in [-0.39, 0.29) is 17.5 Å². The highest BCUT2D eigenvalue weighted by atomic mass is 16.4. The van der Waals surface area contributed by atoms with Gasteiger partial charge in [-0.05, 0) is 18.1 Å². The highest BCUT2D eigenvalue weighted by Crippen LogP contribution is 2.19. The number of carbonyl (C=O) groups excluding carboxylic acids is 1. The molecule has 0 aliphatic heterocycles. The summed E-state index contributed by atoms with van der Waals surface area (Å²) in [5.74, 6) is -0.252. The maximum absolute atomic E-state index is 12.2. The van der Waals surface area contributed by atoms with Crippen LogP contribution in [0, 0.1) is 5.92 Å². The number of fused-ring (bicyclic) bond motifs is 1. The molecule has 0 radical (unpaired) electrons. The molecule has 1 unspecified atom stereocenters. The van der Waals surface area contributed by atoms with Crippen molar-refractivity contribution in [2.45, 2.75) is 19.9 Å². The molecule has 6 nitrogen and oxygen atoms in total. The Morgan fingerprint density at radius 1 is 1.40 bits per heavy atom. The fraction of sp³-hybridized carbons (Fsp3) is 0.286. The molecule has 2 rings (SSSR count). The molecular weight excluding hydrogens is 258 g/mol. The topological polar surface area (TPSA) is 101 Å². The smallest absolute Gasteiger partial charge is 0.287 e. The number of hydrogen-bond acceptors (Lipinski definition) is 4. The lowest BCUT2D eigenvalue weighted by atomic mass is 10.0. The molecule has 0 aliphatic carbocycles. The zero-order valence-electron chi connectivity index (χ0n) is 11.3. The minimum absolute atomic E-state index is 0.0146. The van der Waals surface area contributed by atoms with Gasteiger partial charge in [-0.25, -0.2) is 0 Å². The molecule has 0 saturated carbocycles. The van der Waals surface area contributed by atoms with Crippen molar-refractivity contribution in [1.82, 2.24) is 5.32 Å². The fourth-order valence-electron chi connectivity index (χ4n) is 1.95. The molecule has 1 atom stereocenters. The summed E-state index contributed by atoms with van der Waals surface area (Å²) in [6.45, 7) is 3.73. The lowest BCUT2D eigenvalue weighted by Crippen LogP contribution is -2.47. The third-order valence-electron chi connectivity index (χ3n) is 3.04. The number of benzene rings is 1. The molecule has 0 bridgehead atoms. The molecule has 0 aliphatic rings. The summed E-state index contributed by atoms with van der Waals surface area (Å²) < 4.78 is 5.47. The Labute approximate surface area is 116 Å². The van der Waals surface area contributed by atoms with Crippen LogP contribution >= 0.6 is 0 Å². The van der Waals surface area contributed by atoms with E-state index in [1.54, 1.807) is 12.1 Å². The van der Waals surface area contributed by atoms with E-state index >= 15 is 0 Å². The van der Waals surface area contributed by atoms with Crippen LogP contribution in [0.5, 0.6) is 0 Å². The van der Waals surface area contributed by atoms with Gasteiger partial charge in [0.25, 0.3) is 5.91 Å². The standard InChI is InChI=1S/C14H17N3O3/c1-8(2)12(13(15)17-19)16-14(18)11-7-9-5-3-4-6-10(9)20-11/h3-8,12,19H,1-2H3,(H2,15,17)(H,16,18). The van der Waals surface area contributed by atoms with Gasteiger partial charge in [0.1, 0.15) is 5.58 Å². The number of hydrogen-bond donors (Lipinski definition) is 3. The van der Waals surface area contributed by atoms with E-state index < -0.39 is 11.9 Å². The Morgan fingerprint density at radius 2 is 2.10 bits per heavy atom. The SMILES string of the molecule is CC(C)C(NC(=O)c1cc2ccccc2o1)C(N)=NO. The second-order valence-electron chi connectivity index (χ2n) is 4.87. The monoisotopic (exact) mass is 275 g/mol. The van der Waals surface area contributed by atoms with Crippen LogP contribution in [-0.4, -0.2) is 23.0 Å². The van der Waals surface area contributed by atoms with Gasteiger partial charge in [0.2, 0.25) is 0 Å². The quantitative estimate of drug-likeness (QED) is 0.343. The van der Waals surface area contributed by atoms with Crippen LogP contribution in [-0.2, 0) is 0 Å². The van der Waals surface area contributed by atoms with E-state index in [1.165, 1.54) is 0 Å². The first-order valence-electron chi connectivity index (χ1n) is 6.29. The number of nitrogens with zero attached hydrogens (tertiary/aromatic N) is 1. The van der Waals surface area contributed by atoms with Crippen molar-refractivity contribution in [2.75, 3.05) is 0 Å². The number of nitrogens with one attached hydrogen (secondary N) is 1. The van der Waals surface area contributed by atoms with Gasteiger partial charge in [0.05, 0.1) is 6.04 Å². The predicted octanol–water partition coefficient (Wildman–Crippen LogP) is 1.93. The molecule has 6 heteroatoms. The molecule has 1 heterocycles. The summed E-state index contributed by atoms with van der Waals surface area (Å²) in [6.07, 6.45) is 0. The molecule has 1 aromatic heterocycles. The second-order valence-corrected chi connectivity index (χ2v) is 4.87. The highest BCUT2D eigenvalue weighted by molar-refractivity contribution is 5.99. The minimum Gasteiger partial charge on any atom is -0.451 e. The summed E-state index contributed by atoms with van der Waals surface area (Å²) in [4.78, 5) is 12.2. The summed E-state index contributed by atoms with van der Waals surface area (Å²) in [6, 6.07) is 8.46. The van der Waals surface area contributed by atoms with E-state index in [9.17, 15) is 4.79 Å². The van der Waals surface area contributed by atoms with Gasteiger partial charge in [-0.1, -0.05) is 37.2 Å². The number of amidine groups is 1. The first-order chi connectivity index (χ1) is 9.52. The molecule has 2 aromatic rings. The van der Waals surface area contributed by atoms with Gasteiger partial charge in [-0.15, -0.1) is 0 Å². The van der Waals surface area contributed by atoms with Gasteiger partial charge in [-0.3, -0.25) is 4.79 Å². The first-order valence-corrected chi connectivity index (χ1v) is 6.29. The molecule has 1 amide bonds. The van der Waals surface area contributed by atoms with Crippen molar-refractivity contribution in [3.8, 4) is 0 Å². The summed E-state index contributed by atoms with van der Waals surface area (Å²) in [7, 11) is 0. The Kier molecular flexibility index (Phi) is 3.93. The van der Waals surface area contributed by atoms with E-state index in [0.29, 0.717) is 5.58 Å². The van der Waals surface area contributed by atoms with E-state index in [1.807, 2.05) is 32.0 Å². The van der Waals surface area contributed by atoms with Gasteiger partial charge < -0.3 is 20.7 Å². The summed E-state index contributed by atoms with van der Waals surface area (Å²) in [5, 5.41) is 15.2. The minimum atomic E-state index is -0.555. The van der Waals surface area contributed by atoms with Gasteiger partial charge in [0, 0.05) is 5.39 Å². The third-order valence-corrected chi connectivity index (χ3v) is 3.04. The molecule has 106 valence electrons. The first kappa shape index (κ1) is 13.9.